The van der Waals surface area contributed by atoms with E-state index in [4.69, 9.17) is 9.47 Å². The second kappa shape index (κ2) is 15.3. The molecule has 9 heteroatoms. The number of hydrogen-bond acceptors (Lipinski definition) is 6. The zero-order chi connectivity index (χ0) is 30.6. The van der Waals surface area contributed by atoms with Gasteiger partial charge in [-0.2, -0.15) is 0 Å². The lowest BCUT2D eigenvalue weighted by Gasteiger charge is -2.16. The van der Waals surface area contributed by atoms with Crippen molar-refractivity contribution in [2.24, 2.45) is 0 Å². The van der Waals surface area contributed by atoms with E-state index in [2.05, 4.69) is 16.0 Å². The number of ether oxygens (including phenoxy) is 2. The van der Waals surface area contributed by atoms with Crippen LogP contribution in [0.3, 0.4) is 0 Å². The highest BCUT2D eigenvalue weighted by Crippen LogP contribution is 2.29. The van der Waals surface area contributed by atoms with Crippen LogP contribution in [0.25, 0.3) is 6.08 Å². The van der Waals surface area contributed by atoms with Crippen LogP contribution < -0.4 is 25.4 Å². The molecule has 0 saturated heterocycles. The first kappa shape index (κ1) is 30.9. The maximum atomic E-state index is 13.5. The van der Waals surface area contributed by atoms with Gasteiger partial charge in [0.1, 0.15) is 17.2 Å². The first-order valence-corrected chi connectivity index (χ1v) is 14.5. The minimum Gasteiger partial charge on any atom is -0.497 e. The molecule has 8 nitrogen and oxygen atoms in total. The molecule has 0 fully saturated rings. The van der Waals surface area contributed by atoms with Crippen molar-refractivity contribution < 1.29 is 23.9 Å². The van der Waals surface area contributed by atoms with E-state index in [0.717, 1.165) is 4.90 Å². The summed E-state index contributed by atoms with van der Waals surface area (Å²) in [7, 11) is 3.15. The van der Waals surface area contributed by atoms with Crippen molar-refractivity contribution in [3.05, 3.63) is 120 Å². The normalized spacial score (nSPS) is 11.7. The van der Waals surface area contributed by atoms with Gasteiger partial charge in [0.05, 0.1) is 19.5 Å². The molecule has 0 spiro atoms. The van der Waals surface area contributed by atoms with Gasteiger partial charge in [-0.05, 0) is 72.7 Å². The van der Waals surface area contributed by atoms with E-state index in [1.165, 1.54) is 11.8 Å². The summed E-state index contributed by atoms with van der Waals surface area (Å²) in [5.74, 6) is 0.289. The van der Waals surface area contributed by atoms with Gasteiger partial charge in [0.25, 0.3) is 11.8 Å². The Labute approximate surface area is 255 Å². The molecule has 3 amide bonds. The van der Waals surface area contributed by atoms with Gasteiger partial charge in [0.15, 0.2) is 0 Å². The fraction of sp³-hybridized carbons (Fsp3) is 0.147. The fourth-order valence-corrected chi connectivity index (χ4v) is 5.08. The maximum Gasteiger partial charge on any atom is 0.272 e. The smallest absolute Gasteiger partial charge is 0.272 e. The molecule has 0 aliphatic heterocycles. The molecular weight excluding hydrogens is 562 g/mol. The number of amides is 3. The molecular formula is C34H33N3O5S. The van der Waals surface area contributed by atoms with Crippen LogP contribution in [0.5, 0.6) is 11.5 Å². The van der Waals surface area contributed by atoms with E-state index in [1.807, 2.05) is 37.3 Å². The van der Waals surface area contributed by atoms with Gasteiger partial charge in [-0.3, -0.25) is 14.4 Å². The molecule has 0 heterocycles. The van der Waals surface area contributed by atoms with Crippen LogP contribution in [0.1, 0.15) is 29.3 Å². The Bertz CT molecular complexity index is 1590. The molecule has 0 aromatic heterocycles. The van der Waals surface area contributed by atoms with E-state index in [1.54, 1.807) is 93.1 Å². The summed E-state index contributed by atoms with van der Waals surface area (Å²) in [5.41, 5.74) is 2.37. The molecule has 0 radical (unpaired) electrons. The molecule has 220 valence electrons. The Hall–Kier alpha value is -5.02. The van der Waals surface area contributed by atoms with Gasteiger partial charge in [0, 0.05) is 27.9 Å². The quantitative estimate of drug-likeness (QED) is 0.126. The lowest BCUT2D eigenvalue weighted by Crippen LogP contribution is -2.30. The average Bonchev–Trinajstić information content (AvgIpc) is 3.04. The van der Waals surface area contributed by atoms with Crippen LogP contribution in [0.2, 0.25) is 0 Å². The molecule has 4 aromatic carbocycles. The molecule has 43 heavy (non-hydrogen) atoms. The van der Waals surface area contributed by atoms with Gasteiger partial charge in [-0.1, -0.05) is 49.4 Å². The Morgan fingerprint density at radius 1 is 0.767 bits per heavy atom. The van der Waals surface area contributed by atoms with Gasteiger partial charge < -0.3 is 25.4 Å². The number of nitrogens with one attached hydrogen (secondary N) is 3. The number of carbonyl (C=O) groups is 3. The van der Waals surface area contributed by atoms with Crippen molar-refractivity contribution in [3.8, 4) is 11.5 Å². The fourth-order valence-electron chi connectivity index (χ4n) is 4.06. The molecule has 4 rings (SSSR count). The summed E-state index contributed by atoms with van der Waals surface area (Å²) < 4.78 is 10.5. The summed E-state index contributed by atoms with van der Waals surface area (Å²) in [5, 5.41) is 8.20. The highest BCUT2D eigenvalue weighted by Gasteiger charge is 2.19. The van der Waals surface area contributed by atoms with Crippen molar-refractivity contribution in [1.29, 1.82) is 0 Å². The topological polar surface area (TPSA) is 106 Å². The molecule has 1 unspecified atom stereocenters. The van der Waals surface area contributed by atoms with Crippen molar-refractivity contribution in [2.45, 2.75) is 23.5 Å². The number of rotatable bonds is 12. The standard InChI is InChI=1S/C34H33N3O5S/c1-4-31(34(40)36-25-12-8-14-28(21-25)42-3)43-29-15-9-13-26(22-29)35-33(39)30(20-23-16-18-27(41-2)19-17-23)37-32(38)24-10-6-5-7-11-24/h5-22,31H,4H2,1-3H3,(H,35,39)(H,36,40)(H,37,38)/b30-20+. The van der Waals surface area contributed by atoms with Gasteiger partial charge >= 0.3 is 0 Å². The van der Waals surface area contributed by atoms with Crippen molar-refractivity contribution in [1.82, 2.24) is 5.32 Å². The molecule has 3 N–H and O–H groups in total. The number of benzene rings is 4. The van der Waals surface area contributed by atoms with Gasteiger partial charge in [-0.25, -0.2) is 0 Å². The Balaban J connectivity index is 1.49. The third-order valence-electron chi connectivity index (χ3n) is 6.33. The Morgan fingerprint density at radius 3 is 2.12 bits per heavy atom. The number of hydrogen-bond donors (Lipinski definition) is 3. The second-order valence-corrected chi connectivity index (χ2v) is 10.6. The lowest BCUT2D eigenvalue weighted by molar-refractivity contribution is -0.116. The van der Waals surface area contributed by atoms with Crippen LogP contribution in [-0.2, 0) is 9.59 Å². The summed E-state index contributed by atoms with van der Waals surface area (Å²) in [6, 6.07) is 30.2. The van der Waals surface area contributed by atoms with E-state index in [-0.39, 0.29) is 16.9 Å². The zero-order valence-electron chi connectivity index (χ0n) is 24.1. The molecule has 0 saturated carbocycles. The SMILES string of the molecule is CCC(Sc1cccc(NC(=O)/C(=C\c2ccc(OC)cc2)NC(=O)c2ccccc2)c1)C(=O)Nc1cccc(OC)c1. The highest BCUT2D eigenvalue weighted by molar-refractivity contribution is 8.00. The molecule has 4 aromatic rings. The van der Waals surface area contributed by atoms with Crippen LogP contribution in [0.4, 0.5) is 11.4 Å². The Kier molecular flexibility index (Phi) is 11.0. The van der Waals surface area contributed by atoms with E-state index in [0.29, 0.717) is 40.4 Å². The molecule has 0 aliphatic rings. The second-order valence-electron chi connectivity index (χ2n) is 9.37. The highest BCUT2D eigenvalue weighted by atomic mass is 32.2. The number of carbonyl (C=O) groups excluding carboxylic acids is 3. The number of anilines is 2. The minimum absolute atomic E-state index is 0.0705. The zero-order valence-corrected chi connectivity index (χ0v) is 24.9. The minimum atomic E-state index is -0.495. The molecule has 0 bridgehead atoms. The average molecular weight is 596 g/mol. The van der Waals surface area contributed by atoms with Crippen LogP contribution in [0, 0.1) is 0 Å². The largest absolute Gasteiger partial charge is 0.497 e. The van der Waals surface area contributed by atoms with Crippen molar-refractivity contribution in [2.75, 3.05) is 24.9 Å². The first-order chi connectivity index (χ1) is 20.9. The van der Waals surface area contributed by atoms with Crippen LogP contribution >= 0.6 is 11.8 Å². The number of thioether (sulfide) groups is 1. The first-order valence-electron chi connectivity index (χ1n) is 13.6. The van der Waals surface area contributed by atoms with E-state index < -0.39 is 11.8 Å². The third-order valence-corrected chi connectivity index (χ3v) is 7.68. The maximum absolute atomic E-state index is 13.5. The summed E-state index contributed by atoms with van der Waals surface area (Å²) in [6.07, 6.45) is 2.20. The summed E-state index contributed by atoms with van der Waals surface area (Å²) >= 11 is 1.40. The Morgan fingerprint density at radius 2 is 1.44 bits per heavy atom. The summed E-state index contributed by atoms with van der Waals surface area (Å²) in [4.78, 5) is 40.2. The van der Waals surface area contributed by atoms with Crippen LogP contribution in [-0.4, -0.2) is 37.2 Å². The summed E-state index contributed by atoms with van der Waals surface area (Å²) in [6.45, 7) is 1.94. The van der Waals surface area contributed by atoms with E-state index in [9.17, 15) is 14.4 Å². The monoisotopic (exact) mass is 595 g/mol. The predicted octanol–water partition coefficient (Wildman–Crippen LogP) is 6.62. The molecule has 1 atom stereocenters. The van der Waals surface area contributed by atoms with Crippen molar-refractivity contribution in [3.63, 3.8) is 0 Å². The molecule has 0 aliphatic carbocycles. The van der Waals surface area contributed by atoms with Gasteiger partial charge in [-0.15, -0.1) is 11.8 Å². The van der Waals surface area contributed by atoms with Crippen LogP contribution in [0.15, 0.2) is 114 Å². The predicted molar refractivity (Wildman–Crippen MR) is 172 cm³/mol. The van der Waals surface area contributed by atoms with Crippen molar-refractivity contribution >= 4 is 46.9 Å². The number of methoxy groups -OCH3 is 2. The third kappa shape index (κ3) is 8.98. The van der Waals surface area contributed by atoms with E-state index >= 15 is 0 Å². The lowest BCUT2D eigenvalue weighted by atomic mass is 10.1. The van der Waals surface area contributed by atoms with Gasteiger partial charge in [0.2, 0.25) is 5.91 Å².